The number of pyridine rings is 1. The summed E-state index contributed by atoms with van der Waals surface area (Å²) >= 11 is 0. The molecule has 3 rings (SSSR count). The van der Waals surface area contributed by atoms with Crippen LogP contribution in [-0.4, -0.2) is 55.2 Å². The number of methoxy groups -OCH3 is 1. The molecule has 0 aliphatic carbocycles. The molecule has 0 fully saturated rings. The Labute approximate surface area is 169 Å². The number of amides is 1. The monoisotopic (exact) mass is 400 g/mol. The van der Waals surface area contributed by atoms with Crippen LogP contribution in [0.15, 0.2) is 36.7 Å². The zero-order valence-electron chi connectivity index (χ0n) is 16.6. The van der Waals surface area contributed by atoms with Crippen molar-refractivity contribution in [1.82, 2.24) is 9.88 Å². The van der Waals surface area contributed by atoms with Crippen molar-refractivity contribution in [3.63, 3.8) is 0 Å². The Morgan fingerprint density at radius 1 is 1.24 bits per heavy atom. The van der Waals surface area contributed by atoms with Gasteiger partial charge in [-0.1, -0.05) is 6.07 Å². The Bertz CT molecular complexity index is 838. The summed E-state index contributed by atoms with van der Waals surface area (Å²) in [5.41, 5.74) is 1.24. The second kappa shape index (κ2) is 9.77. The summed E-state index contributed by atoms with van der Waals surface area (Å²) in [7, 11) is 1.51. The molecular weight excluding hydrogens is 376 g/mol. The van der Waals surface area contributed by atoms with Gasteiger partial charge in [-0.15, -0.1) is 0 Å². The Balaban J connectivity index is 1.85. The maximum absolute atomic E-state index is 13.3. The van der Waals surface area contributed by atoms with Crippen molar-refractivity contribution in [1.29, 1.82) is 0 Å². The van der Waals surface area contributed by atoms with Gasteiger partial charge in [-0.25, -0.2) is 0 Å². The molecule has 2 aromatic rings. The van der Waals surface area contributed by atoms with Crippen LogP contribution in [0.3, 0.4) is 0 Å². The minimum absolute atomic E-state index is 0.0987. The fourth-order valence-electron chi connectivity index (χ4n) is 3.00. The zero-order chi connectivity index (χ0) is 20.6. The van der Waals surface area contributed by atoms with Crippen LogP contribution in [0.25, 0.3) is 0 Å². The highest BCUT2D eigenvalue weighted by Gasteiger charge is 2.24. The van der Waals surface area contributed by atoms with Gasteiger partial charge in [0.25, 0.3) is 5.91 Å². The number of rotatable bonds is 8. The smallest absolute Gasteiger partial charge is 0.307 e. The summed E-state index contributed by atoms with van der Waals surface area (Å²) < 4.78 is 21.6. The third kappa shape index (κ3) is 5.16. The molecule has 1 aliphatic heterocycles. The largest absolute Gasteiger partial charge is 0.493 e. The lowest BCUT2D eigenvalue weighted by atomic mass is 10.1. The molecule has 2 heterocycles. The van der Waals surface area contributed by atoms with E-state index in [1.54, 1.807) is 42.4 Å². The van der Waals surface area contributed by atoms with E-state index in [0.717, 1.165) is 5.56 Å². The van der Waals surface area contributed by atoms with E-state index in [-0.39, 0.29) is 24.8 Å². The highest BCUT2D eigenvalue weighted by atomic mass is 16.6. The van der Waals surface area contributed by atoms with E-state index in [9.17, 15) is 9.59 Å². The summed E-state index contributed by atoms with van der Waals surface area (Å²) in [6.45, 7) is 3.39. The van der Waals surface area contributed by atoms with Crippen LogP contribution in [0.4, 0.5) is 0 Å². The normalized spacial score (nSPS) is 12.2. The van der Waals surface area contributed by atoms with Gasteiger partial charge >= 0.3 is 5.97 Å². The van der Waals surface area contributed by atoms with Crippen molar-refractivity contribution in [2.24, 2.45) is 0 Å². The molecule has 0 atom stereocenters. The van der Waals surface area contributed by atoms with E-state index in [0.29, 0.717) is 49.2 Å². The predicted molar refractivity (Wildman–Crippen MR) is 104 cm³/mol. The maximum Gasteiger partial charge on any atom is 0.307 e. The lowest BCUT2D eigenvalue weighted by Gasteiger charge is -2.25. The van der Waals surface area contributed by atoms with E-state index < -0.39 is 0 Å². The van der Waals surface area contributed by atoms with Gasteiger partial charge in [0, 0.05) is 31.0 Å². The topological polar surface area (TPSA) is 87.2 Å². The summed E-state index contributed by atoms with van der Waals surface area (Å²) in [6, 6.07) is 6.94. The number of aromatic nitrogens is 1. The first-order valence-electron chi connectivity index (χ1n) is 9.43. The number of esters is 1. The Hall–Kier alpha value is -3.29. The molecule has 0 N–H and O–H groups in total. The van der Waals surface area contributed by atoms with Gasteiger partial charge in [-0.2, -0.15) is 0 Å². The second-order valence-electron chi connectivity index (χ2n) is 6.35. The molecule has 0 spiro atoms. The standard InChI is InChI=1S/C21H24N2O6/c1-3-27-19(24)6-8-23(14-15-5-4-7-22-13-15)21(25)16-11-17(26-2)20-18(12-16)28-9-10-29-20/h4-5,7,11-13H,3,6,8-10,14H2,1-2H3. The fourth-order valence-corrected chi connectivity index (χ4v) is 3.00. The number of hydrogen-bond acceptors (Lipinski definition) is 7. The molecule has 154 valence electrons. The molecule has 1 amide bonds. The lowest BCUT2D eigenvalue weighted by Crippen LogP contribution is -2.33. The number of carbonyl (C=O) groups is 2. The number of nitrogens with zero attached hydrogens (tertiary/aromatic N) is 2. The van der Waals surface area contributed by atoms with Crippen molar-refractivity contribution in [3.8, 4) is 17.2 Å². The summed E-state index contributed by atoms with van der Waals surface area (Å²) in [6.07, 6.45) is 3.45. The number of carbonyl (C=O) groups excluding carboxylic acids is 2. The number of hydrogen-bond donors (Lipinski definition) is 0. The van der Waals surface area contributed by atoms with E-state index in [4.69, 9.17) is 18.9 Å². The van der Waals surface area contributed by atoms with Crippen LogP contribution >= 0.6 is 0 Å². The molecule has 0 saturated carbocycles. The van der Waals surface area contributed by atoms with E-state index in [2.05, 4.69) is 4.98 Å². The quantitative estimate of drug-likeness (QED) is 0.629. The van der Waals surface area contributed by atoms with Gasteiger partial charge in [0.2, 0.25) is 5.75 Å². The molecule has 0 bridgehead atoms. The van der Waals surface area contributed by atoms with Crippen molar-refractivity contribution in [2.45, 2.75) is 19.9 Å². The number of ether oxygens (including phenoxy) is 4. The van der Waals surface area contributed by atoms with Gasteiger partial charge in [0.05, 0.1) is 20.1 Å². The SMILES string of the molecule is CCOC(=O)CCN(Cc1cccnc1)C(=O)c1cc(OC)c2c(c1)OCCO2. The third-order valence-electron chi connectivity index (χ3n) is 4.35. The minimum atomic E-state index is -0.351. The van der Waals surface area contributed by atoms with E-state index >= 15 is 0 Å². The summed E-state index contributed by atoms with van der Waals surface area (Å²) in [5, 5.41) is 0. The molecule has 8 heteroatoms. The van der Waals surface area contributed by atoms with Gasteiger partial charge < -0.3 is 23.8 Å². The Morgan fingerprint density at radius 2 is 2.07 bits per heavy atom. The molecule has 0 saturated heterocycles. The second-order valence-corrected chi connectivity index (χ2v) is 6.35. The van der Waals surface area contributed by atoms with E-state index in [1.165, 1.54) is 7.11 Å². The fraction of sp³-hybridized carbons (Fsp3) is 0.381. The highest BCUT2D eigenvalue weighted by Crippen LogP contribution is 2.40. The third-order valence-corrected chi connectivity index (χ3v) is 4.35. The van der Waals surface area contributed by atoms with Gasteiger partial charge in [0.15, 0.2) is 11.5 Å². The number of benzene rings is 1. The average molecular weight is 400 g/mol. The summed E-state index contributed by atoms with van der Waals surface area (Å²) in [4.78, 5) is 30.8. The van der Waals surface area contributed by atoms with Crippen LogP contribution < -0.4 is 14.2 Å². The van der Waals surface area contributed by atoms with Gasteiger partial charge in [-0.3, -0.25) is 14.6 Å². The molecule has 1 aromatic carbocycles. The van der Waals surface area contributed by atoms with Crippen molar-refractivity contribution >= 4 is 11.9 Å². The summed E-state index contributed by atoms with van der Waals surface area (Å²) in [5.74, 6) is 0.772. The van der Waals surface area contributed by atoms with Crippen molar-refractivity contribution < 1.29 is 28.5 Å². The van der Waals surface area contributed by atoms with Crippen LogP contribution in [0.1, 0.15) is 29.3 Å². The van der Waals surface area contributed by atoms with E-state index in [1.807, 2.05) is 6.07 Å². The van der Waals surface area contributed by atoms with Crippen molar-refractivity contribution in [2.75, 3.05) is 33.5 Å². The molecule has 8 nitrogen and oxygen atoms in total. The van der Waals surface area contributed by atoms with Crippen LogP contribution in [-0.2, 0) is 16.1 Å². The molecule has 29 heavy (non-hydrogen) atoms. The highest BCUT2D eigenvalue weighted by molar-refractivity contribution is 5.96. The van der Waals surface area contributed by atoms with Crippen LogP contribution in [0, 0.1) is 0 Å². The van der Waals surface area contributed by atoms with Gasteiger partial charge in [0.1, 0.15) is 13.2 Å². The maximum atomic E-state index is 13.3. The lowest BCUT2D eigenvalue weighted by molar-refractivity contribution is -0.143. The predicted octanol–water partition coefficient (Wildman–Crippen LogP) is 2.46. The Kier molecular flexibility index (Phi) is 6.89. The number of fused-ring (bicyclic) bond motifs is 1. The molecule has 0 unspecified atom stereocenters. The van der Waals surface area contributed by atoms with Crippen LogP contribution in [0.5, 0.6) is 17.2 Å². The first-order valence-corrected chi connectivity index (χ1v) is 9.43. The molecule has 1 aromatic heterocycles. The minimum Gasteiger partial charge on any atom is -0.493 e. The van der Waals surface area contributed by atoms with Crippen molar-refractivity contribution in [3.05, 3.63) is 47.8 Å². The zero-order valence-corrected chi connectivity index (χ0v) is 16.6. The molecule has 0 radical (unpaired) electrons. The van der Waals surface area contributed by atoms with Gasteiger partial charge in [-0.05, 0) is 30.7 Å². The first kappa shape index (κ1) is 20.4. The molecule has 1 aliphatic rings. The van der Waals surface area contributed by atoms with Crippen LogP contribution in [0.2, 0.25) is 0 Å². The average Bonchev–Trinajstić information content (AvgIpc) is 2.76. The Morgan fingerprint density at radius 3 is 2.79 bits per heavy atom. The first-order chi connectivity index (χ1) is 14.1. The molecular formula is C21H24N2O6.